The van der Waals surface area contributed by atoms with Crippen LogP contribution in [0.25, 0.3) is 16.3 Å². The minimum atomic E-state index is -0.710. The lowest BCUT2D eigenvalue weighted by atomic mass is 9.86. The zero-order chi connectivity index (χ0) is 13.5. The lowest BCUT2D eigenvalue weighted by Gasteiger charge is -2.18. The van der Waals surface area contributed by atoms with Crippen molar-refractivity contribution >= 4 is 27.1 Å². The molecule has 4 rings (SSSR count). The van der Waals surface area contributed by atoms with Crippen molar-refractivity contribution < 1.29 is 4.21 Å². The van der Waals surface area contributed by atoms with Crippen molar-refractivity contribution in [3.8, 4) is 0 Å². The summed E-state index contributed by atoms with van der Waals surface area (Å²) >= 11 is 0. The van der Waals surface area contributed by atoms with Gasteiger partial charge in [0.15, 0.2) is 0 Å². The Morgan fingerprint density at radius 3 is 2.80 bits per heavy atom. The molecule has 0 saturated heterocycles. The van der Waals surface area contributed by atoms with Gasteiger partial charge in [-0.15, -0.1) is 0 Å². The van der Waals surface area contributed by atoms with Gasteiger partial charge in [0.25, 0.3) is 0 Å². The topological polar surface area (TPSA) is 17.1 Å². The van der Waals surface area contributed by atoms with Crippen molar-refractivity contribution in [1.82, 2.24) is 0 Å². The second-order valence-corrected chi connectivity index (χ2v) is 7.27. The summed E-state index contributed by atoms with van der Waals surface area (Å²) in [6.45, 7) is 0. The highest BCUT2D eigenvalue weighted by Gasteiger charge is 2.24. The fourth-order valence-electron chi connectivity index (χ4n) is 3.56. The van der Waals surface area contributed by atoms with Gasteiger partial charge in [0.2, 0.25) is 0 Å². The minimum Gasteiger partial charge on any atom is -0.259 e. The Kier molecular flexibility index (Phi) is 2.99. The molecule has 20 heavy (non-hydrogen) atoms. The van der Waals surface area contributed by atoms with Crippen LogP contribution in [0, 0.1) is 0 Å². The van der Waals surface area contributed by atoms with E-state index in [1.165, 1.54) is 58.7 Å². The molecule has 0 saturated carbocycles. The van der Waals surface area contributed by atoms with E-state index in [0.29, 0.717) is 0 Å². The Morgan fingerprint density at radius 1 is 1.05 bits per heavy atom. The Balaban J connectivity index is 2.04. The fraction of sp³-hybridized carbons (Fsp3) is 0.333. The van der Waals surface area contributed by atoms with E-state index in [2.05, 4.69) is 36.4 Å². The average Bonchev–Trinajstić information content (AvgIpc) is 2.85. The highest BCUT2D eigenvalue weighted by molar-refractivity contribution is 7.83. The van der Waals surface area contributed by atoms with Crippen LogP contribution in [0.4, 0.5) is 0 Å². The maximum Gasteiger partial charge on any atom is 0.0498 e. The van der Waals surface area contributed by atoms with Crippen molar-refractivity contribution in [3.05, 3.63) is 53.1 Å². The van der Waals surface area contributed by atoms with E-state index < -0.39 is 10.8 Å². The minimum absolute atomic E-state index is 0.710. The van der Waals surface area contributed by atoms with E-state index in [4.69, 9.17) is 0 Å². The first-order chi connectivity index (χ1) is 9.83. The number of rotatable bonds is 1. The summed E-state index contributed by atoms with van der Waals surface area (Å²) in [5.41, 5.74) is 5.56. The van der Waals surface area contributed by atoms with E-state index >= 15 is 0 Å². The molecule has 1 aliphatic carbocycles. The molecule has 1 aliphatic heterocycles. The number of benzene rings is 2. The smallest absolute Gasteiger partial charge is 0.0498 e. The van der Waals surface area contributed by atoms with E-state index in [1.54, 1.807) is 0 Å². The molecule has 1 nitrogen and oxygen atoms in total. The first-order valence-corrected chi connectivity index (χ1v) is 8.89. The van der Waals surface area contributed by atoms with Gasteiger partial charge < -0.3 is 0 Å². The van der Waals surface area contributed by atoms with Crippen LogP contribution in [0.15, 0.2) is 36.4 Å². The fourth-order valence-corrected chi connectivity index (χ4v) is 4.92. The van der Waals surface area contributed by atoms with Gasteiger partial charge in [0.1, 0.15) is 0 Å². The highest BCUT2D eigenvalue weighted by Crippen LogP contribution is 2.39. The number of hydrogen-bond donors (Lipinski definition) is 0. The van der Waals surface area contributed by atoms with Gasteiger partial charge in [-0.3, -0.25) is 4.21 Å². The molecule has 1 heterocycles. The van der Waals surface area contributed by atoms with Crippen LogP contribution in [0.3, 0.4) is 0 Å². The largest absolute Gasteiger partial charge is 0.259 e. The van der Waals surface area contributed by atoms with Crippen molar-refractivity contribution in [1.29, 1.82) is 0 Å². The van der Waals surface area contributed by atoms with Gasteiger partial charge in [0, 0.05) is 22.3 Å². The van der Waals surface area contributed by atoms with Gasteiger partial charge >= 0.3 is 0 Å². The Hall–Kier alpha value is -1.41. The molecule has 1 atom stereocenters. The number of allylic oxidation sites excluding steroid dienone is 2. The zero-order valence-corrected chi connectivity index (χ0v) is 12.3. The average molecular weight is 282 g/mol. The molecule has 1 unspecified atom stereocenters. The van der Waals surface area contributed by atoms with Gasteiger partial charge in [-0.2, -0.15) is 0 Å². The second-order valence-electron chi connectivity index (χ2n) is 5.81. The van der Waals surface area contributed by atoms with Gasteiger partial charge in [0.05, 0.1) is 0 Å². The first-order valence-electron chi connectivity index (χ1n) is 7.41. The molecule has 2 aromatic rings. The molecule has 102 valence electrons. The van der Waals surface area contributed by atoms with E-state index in [9.17, 15) is 4.21 Å². The highest BCUT2D eigenvalue weighted by atomic mass is 32.2. The van der Waals surface area contributed by atoms with Crippen molar-refractivity contribution in [2.75, 3.05) is 0 Å². The van der Waals surface area contributed by atoms with Crippen LogP contribution in [-0.2, 0) is 22.3 Å². The molecule has 0 bridgehead atoms. The van der Waals surface area contributed by atoms with Crippen molar-refractivity contribution in [3.63, 3.8) is 0 Å². The Morgan fingerprint density at radius 2 is 1.95 bits per heavy atom. The summed E-state index contributed by atoms with van der Waals surface area (Å²) in [7, 11) is -0.710. The van der Waals surface area contributed by atoms with Crippen LogP contribution in [0.2, 0.25) is 0 Å². The third-order valence-electron chi connectivity index (χ3n) is 4.48. The lowest BCUT2D eigenvalue weighted by molar-refractivity contribution is 0.684. The van der Waals surface area contributed by atoms with E-state index in [1.807, 2.05) is 0 Å². The molecular weight excluding hydrogens is 264 g/mol. The first kappa shape index (κ1) is 12.3. The lowest BCUT2D eigenvalue weighted by Crippen LogP contribution is -1.99. The monoisotopic (exact) mass is 282 g/mol. The Bertz CT molecular complexity index is 742. The maximum absolute atomic E-state index is 12.0. The number of hydrogen-bond acceptors (Lipinski definition) is 1. The van der Waals surface area contributed by atoms with Crippen LogP contribution in [0.5, 0.6) is 0 Å². The van der Waals surface area contributed by atoms with Gasteiger partial charge in [-0.1, -0.05) is 30.3 Å². The molecule has 0 aromatic heterocycles. The second kappa shape index (κ2) is 4.85. The summed E-state index contributed by atoms with van der Waals surface area (Å²) in [5, 5.41) is 2.64. The summed E-state index contributed by atoms with van der Waals surface area (Å²) in [5.74, 6) is 1.48. The van der Waals surface area contributed by atoms with Crippen molar-refractivity contribution in [2.45, 2.75) is 37.2 Å². The molecule has 2 aromatic carbocycles. The Labute approximate surface area is 122 Å². The van der Waals surface area contributed by atoms with Crippen LogP contribution >= 0.6 is 0 Å². The standard InChI is InChI=1S/C18H18OS/c19-20-11-15-10-14-8-4-5-9-16(14)18(17(15)12-20)13-6-2-1-3-7-13/h4-6,8-10H,1-3,7,11-12H2. The normalized spacial score (nSPS) is 21.8. The van der Waals surface area contributed by atoms with Crippen LogP contribution in [0.1, 0.15) is 42.4 Å². The predicted molar refractivity (Wildman–Crippen MR) is 85.9 cm³/mol. The van der Waals surface area contributed by atoms with E-state index in [0.717, 1.165) is 11.5 Å². The molecule has 0 amide bonds. The van der Waals surface area contributed by atoms with Crippen LogP contribution in [-0.4, -0.2) is 4.21 Å². The predicted octanol–water partition coefficient (Wildman–Crippen LogP) is 4.56. The molecule has 0 N–H and O–H groups in total. The van der Waals surface area contributed by atoms with E-state index in [-0.39, 0.29) is 0 Å². The van der Waals surface area contributed by atoms with Gasteiger partial charge in [-0.25, -0.2) is 0 Å². The molecule has 0 radical (unpaired) electrons. The molecule has 2 aliphatic rings. The summed E-state index contributed by atoms with van der Waals surface area (Å²) in [6.07, 6.45) is 7.37. The van der Waals surface area contributed by atoms with Gasteiger partial charge in [-0.05, 0) is 64.8 Å². The van der Waals surface area contributed by atoms with Crippen LogP contribution < -0.4 is 0 Å². The molecular formula is C18H18OS. The molecule has 0 fully saturated rings. The SMILES string of the molecule is O=S1Cc2cc3ccccc3c(C3=CCCCC3)c2C1. The molecule has 2 heteroatoms. The third kappa shape index (κ3) is 1.94. The quantitative estimate of drug-likeness (QED) is 0.749. The summed E-state index contributed by atoms with van der Waals surface area (Å²) in [4.78, 5) is 0. The summed E-state index contributed by atoms with van der Waals surface area (Å²) in [6, 6.07) is 10.9. The zero-order valence-electron chi connectivity index (χ0n) is 11.5. The third-order valence-corrected chi connectivity index (χ3v) is 5.73. The number of fused-ring (bicyclic) bond motifs is 2. The van der Waals surface area contributed by atoms with Crippen molar-refractivity contribution in [2.24, 2.45) is 0 Å². The molecule has 0 spiro atoms. The summed E-state index contributed by atoms with van der Waals surface area (Å²) < 4.78 is 12.0. The maximum atomic E-state index is 12.0.